The van der Waals surface area contributed by atoms with E-state index >= 15 is 0 Å². The lowest BCUT2D eigenvalue weighted by Crippen LogP contribution is -2.22. The summed E-state index contributed by atoms with van der Waals surface area (Å²) in [4.78, 5) is 12.0. The Bertz CT molecular complexity index is 713. The minimum Gasteiger partial charge on any atom is -0.347 e. The molecule has 0 aliphatic carbocycles. The van der Waals surface area contributed by atoms with Crippen molar-refractivity contribution in [3.8, 4) is 0 Å². The Morgan fingerprint density at radius 1 is 1.33 bits per heavy atom. The molecule has 1 aliphatic rings. The topological polar surface area (TPSA) is 59.0 Å². The standard InChI is InChI=1S/C11H8BrClN4O/c1-17-11-8(9(18)10(12)16-17)14-7-4-5(13)2-3-6(7)15-11/h2-4,14-15H,1H3. The molecule has 0 bridgehead atoms. The fourth-order valence-electron chi connectivity index (χ4n) is 1.85. The summed E-state index contributed by atoms with van der Waals surface area (Å²) in [5.74, 6) is 0.623. The number of nitrogens with one attached hydrogen (secondary N) is 2. The van der Waals surface area contributed by atoms with Gasteiger partial charge in [-0.2, -0.15) is 5.10 Å². The van der Waals surface area contributed by atoms with Gasteiger partial charge in [-0.05, 0) is 34.1 Å². The van der Waals surface area contributed by atoms with Crippen molar-refractivity contribution in [2.24, 2.45) is 7.05 Å². The zero-order valence-corrected chi connectivity index (χ0v) is 11.6. The van der Waals surface area contributed by atoms with Crippen LogP contribution in [0.3, 0.4) is 0 Å². The monoisotopic (exact) mass is 326 g/mol. The van der Waals surface area contributed by atoms with Crippen molar-refractivity contribution >= 4 is 50.4 Å². The number of anilines is 4. The number of hydrogen-bond acceptors (Lipinski definition) is 4. The molecule has 2 heterocycles. The van der Waals surface area contributed by atoms with E-state index in [0.29, 0.717) is 16.5 Å². The summed E-state index contributed by atoms with van der Waals surface area (Å²) in [6.07, 6.45) is 0. The lowest BCUT2D eigenvalue weighted by Gasteiger charge is -2.24. The van der Waals surface area contributed by atoms with Gasteiger partial charge < -0.3 is 10.6 Å². The smallest absolute Gasteiger partial charge is 0.240 e. The van der Waals surface area contributed by atoms with Crippen molar-refractivity contribution in [1.82, 2.24) is 9.78 Å². The number of benzene rings is 1. The Hall–Kier alpha value is -1.53. The van der Waals surface area contributed by atoms with E-state index < -0.39 is 0 Å². The third-order valence-corrected chi connectivity index (χ3v) is 3.46. The second-order valence-corrected chi connectivity index (χ2v) is 5.09. The highest BCUT2D eigenvalue weighted by Crippen LogP contribution is 2.37. The number of nitrogens with zero attached hydrogens (tertiary/aromatic N) is 2. The predicted molar refractivity (Wildman–Crippen MR) is 75.2 cm³/mol. The summed E-state index contributed by atoms with van der Waals surface area (Å²) in [5, 5.41) is 10.9. The normalized spacial score (nSPS) is 12.2. The molecule has 0 unspecified atom stereocenters. The Balaban J connectivity index is 2.22. The first-order chi connectivity index (χ1) is 8.56. The highest BCUT2D eigenvalue weighted by molar-refractivity contribution is 9.10. The van der Waals surface area contributed by atoms with E-state index in [1.54, 1.807) is 23.9 Å². The van der Waals surface area contributed by atoms with Crippen LogP contribution in [0.1, 0.15) is 0 Å². The summed E-state index contributed by atoms with van der Waals surface area (Å²) in [6.45, 7) is 0. The number of hydrogen-bond donors (Lipinski definition) is 2. The average Bonchev–Trinajstić information content (AvgIpc) is 2.34. The molecule has 0 fully saturated rings. The van der Waals surface area contributed by atoms with E-state index in [4.69, 9.17) is 11.6 Å². The van der Waals surface area contributed by atoms with Gasteiger partial charge in [0.1, 0.15) is 5.69 Å². The first-order valence-corrected chi connectivity index (χ1v) is 6.34. The number of fused-ring (bicyclic) bond motifs is 2. The van der Waals surface area contributed by atoms with E-state index in [1.807, 2.05) is 6.07 Å². The minimum atomic E-state index is -0.193. The maximum atomic E-state index is 12.0. The molecule has 2 aromatic rings. The van der Waals surface area contributed by atoms with Gasteiger partial charge in [-0.1, -0.05) is 11.6 Å². The summed E-state index contributed by atoms with van der Waals surface area (Å²) in [5.41, 5.74) is 1.88. The first-order valence-electron chi connectivity index (χ1n) is 5.16. The molecular weight excluding hydrogens is 320 g/mol. The molecule has 0 spiro atoms. The van der Waals surface area contributed by atoms with Gasteiger partial charge in [0.05, 0.1) is 11.4 Å². The highest BCUT2D eigenvalue weighted by Gasteiger charge is 2.21. The minimum absolute atomic E-state index is 0.193. The number of aryl methyl sites for hydroxylation is 1. The summed E-state index contributed by atoms with van der Waals surface area (Å²) >= 11 is 9.07. The van der Waals surface area contributed by atoms with Crippen LogP contribution in [0.15, 0.2) is 27.6 Å². The van der Waals surface area contributed by atoms with Crippen LogP contribution in [0.4, 0.5) is 22.9 Å². The third-order valence-electron chi connectivity index (χ3n) is 2.71. The van der Waals surface area contributed by atoms with Gasteiger partial charge in [0.25, 0.3) is 0 Å². The van der Waals surface area contributed by atoms with Crippen molar-refractivity contribution in [1.29, 1.82) is 0 Å². The van der Waals surface area contributed by atoms with Gasteiger partial charge in [-0.15, -0.1) is 0 Å². The molecule has 3 rings (SSSR count). The lowest BCUT2D eigenvalue weighted by molar-refractivity contribution is 0.734. The fourth-order valence-corrected chi connectivity index (χ4v) is 2.46. The zero-order chi connectivity index (χ0) is 12.9. The first kappa shape index (κ1) is 11.6. The van der Waals surface area contributed by atoms with E-state index in [9.17, 15) is 4.79 Å². The SMILES string of the molecule is Cn1nc(Br)c(=O)c2c1Nc1ccc(Cl)cc1N2. The molecule has 0 radical (unpaired) electrons. The van der Waals surface area contributed by atoms with Gasteiger partial charge in [0, 0.05) is 12.1 Å². The Labute approximate surface area is 116 Å². The molecule has 18 heavy (non-hydrogen) atoms. The second-order valence-electron chi connectivity index (χ2n) is 3.91. The van der Waals surface area contributed by atoms with Gasteiger partial charge in [-0.25, -0.2) is 4.68 Å². The summed E-state index contributed by atoms with van der Waals surface area (Å²) in [7, 11) is 1.76. The second kappa shape index (κ2) is 4.00. The van der Waals surface area contributed by atoms with Crippen molar-refractivity contribution in [2.75, 3.05) is 10.6 Å². The van der Waals surface area contributed by atoms with Crippen LogP contribution < -0.4 is 16.1 Å². The zero-order valence-electron chi connectivity index (χ0n) is 9.29. The van der Waals surface area contributed by atoms with E-state index in [0.717, 1.165) is 11.4 Å². The molecule has 0 amide bonds. The van der Waals surface area contributed by atoms with Crippen LogP contribution in [0.2, 0.25) is 5.02 Å². The molecular formula is C11H8BrClN4O. The summed E-state index contributed by atoms with van der Waals surface area (Å²) in [6, 6.07) is 5.39. The quantitative estimate of drug-likeness (QED) is 0.666. The molecule has 2 N–H and O–H groups in total. The van der Waals surface area contributed by atoms with Crippen LogP contribution in [0.25, 0.3) is 0 Å². The molecule has 0 atom stereocenters. The Morgan fingerprint density at radius 3 is 2.89 bits per heavy atom. The lowest BCUT2D eigenvalue weighted by atomic mass is 10.2. The van der Waals surface area contributed by atoms with Crippen molar-refractivity contribution < 1.29 is 0 Å². The number of aromatic nitrogens is 2. The maximum absolute atomic E-state index is 12.0. The average molecular weight is 328 g/mol. The molecule has 1 aromatic carbocycles. The Kier molecular flexibility index (Phi) is 2.57. The number of rotatable bonds is 0. The third kappa shape index (κ3) is 1.69. The molecule has 92 valence electrons. The van der Waals surface area contributed by atoms with E-state index in [1.165, 1.54) is 0 Å². The fraction of sp³-hybridized carbons (Fsp3) is 0.0909. The van der Waals surface area contributed by atoms with E-state index in [-0.39, 0.29) is 10.0 Å². The highest BCUT2D eigenvalue weighted by atomic mass is 79.9. The van der Waals surface area contributed by atoms with Crippen molar-refractivity contribution in [3.05, 3.63) is 38.0 Å². The molecule has 1 aromatic heterocycles. The predicted octanol–water partition coefficient (Wildman–Crippen LogP) is 3.00. The van der Waals surface area contributed by atoms with Gasteiger partial charge in [0.15, 0.2) is 10.4 Å². The van der Waals surface area contributed by atoms with Crippen LogP contribution in [0.5, 0.6) is 0 Å². The van der Waals surface area contributed by atoms with Crippen LogP contribution in [-0.2, 0) is 7.05 Å². The van der Waals surface area contributed by atoms with E-state index in [2.05, 4.69) is 31.7 Å². The molecule has 5 nitrogen and oxygen atoms in total. The van der Waals surface area contributed by atoms with Gasteiger partial charge in [-0.3, -0.25) is 4.79 Å². The molecule has 1 aliphatic heterocycles. The van der Waals surface area contributed by atoms with Crippen LogP contribution in [0, 0.1) is 0 Å². The van der Waals surface area contributed by atoms with Crippen LogP contribution >= 0.6 is 27.5 Å². The van der Waals surface area contributed by atoms with Crippen molar-refractivity contribution in [3.63, 3.8) is 0 Å². The maximum Gasteiger partial charge on any atom is 0.240 e. The molecule has 0 saturated heterocycles. The van der Waals surface area contributed by atoms with Gasteiger partial charge >= 0.3 is 0 Å². The molecule has 7 heteroatoms. The van der Waals surface area contributed by atoms with Crippen LogP contribution in [-0.4, -0.2) is 9.78 Å². The number of halogens is 2. The Morgan fingerprint density at radius 2 is 2.11 bits per heavy atom. The van der Waals surface area contributed by atoms with Crippen molar-refractivity contribution in [2.45, 2.75) is 0 Å². The molecule has 0 saturated carbocycles. The van der Waals surface area contributed by atoms with Gasteiger partial charge in [0.2, 0.25) is 5.43 Å². The largest absolute Gasteiger partial charge is 0.347 e. The summed E-state index contributed by atoms with van der Waals surface area (Å²) < 4.78 is 1.87.